The average molecular weight is 361 g/mol. The van der Waals surface area contributed by atoms with Gasteiger partial charge in [-0.1, -0.05) is 26.8 Å². The minimum Gasteiger partial charge on any atom is -0.495 e. The van der Waals surface area contributed by atoms with Crippen molar-refractivity contribution in [3.63, 3.8) is 0 Å². The number of methoxy groups -OCH3 is 1. The lowest BCUT2D eigenvalue weighted by Gasteiger charge is -2.15. The van der Waals surface area contributed by atoms with Gasteiger partial charge in [0.1, 0.15) is 5.75 Å². The van der Waals surface area contributed by atoms with Gasteiger partial charge < -0.3 is 15.4 Å². The van der Waals surface area contributed by atoms with Crippen LogP contribution in [0.3, 0.4) is 0 Å². The first-order valence-electron chi connectivity index (χ1n) is 7.89. The van der Waals surface area contributed by atoms with Crippen molar-refractivity contribution >= 4 is 34.0 Å². The Balaban J connectivity index is 1.99. The number of aromatic nitrogens is 1. The van der Waals surface area contributed by atoms with E-state index in [1.807, 2.05) is 45.9 Å². The molecule has 2 N–H and O–H groups in total. The van der Waals surface area contributed by atoms with E-state index in [0.717, 1.165) is 5.56 Å². The van der Waals surface area contributed by atoms with Crippen molar-refractivity contribution in [2.24, 2.45) is 5.41 Å². The van der Waals surface area contributed by atoms with Crippen molar-refractivity contribution in [2.45, 2.75) is 34.1 Å². The van der Waals surface area contributed by atoms with Crippen molar-refractivity contribution in [3.8, 4) is 5.75 Å². The summed E-state index contributed by atoms with van der Waals surface area (Å²) in [5.74, 6) is 0.313. The number of aryl methyl sites for hydroxylation is 1. The summed E-state index contributed by atoms with van der Waals surface area (Å²) in [6, 6.07) is 5.57. The number of ether oxygens (including phenoxy) is 1. The number of carbonyl (C=O) groups is 2. The number of nitrogens with one attached hydrogen (secondary N) is 2. The third kappa shape index (κ3) is 5.29. The molecule has 1 aromatic heterocycles. The molecule has 0 spiro atoms. The predicted octanol–water partition coefficient (Wildman–Crippen LogP) is 3.63. The van der Waals surface area contributed by atoms with Crippen LogP contribution < -0.4 is 15.4 Å². The van der Waals surface area contributed by atoms with Gasteiger partial charge in [-0.05, 0) is 24.6 Å². The Morgan fingerprint density at radius 1 is 1.24 bits per heavy atom. The molecule has 0 radical (unpaired) electrons. The Hall–Kier alpha value is -2.41. The highest BCUT2D eigenvalue weighted by atomic mass is 32.1. The van der Waals surface area contributed by atoms with Gasteiger partial charge in [0.2, 0.25) is 11.8 Å². The molecule has 0 aliphatic heterocycles. The van der Waals surface area contributed by atoms with Crippen LogP contribution in [-0.4, -0.2) is 23.9 Å². The highest BCUT2D eigenvalue weighted by molar-refractivity contribution is 7.13. The van der Waals surface area contributed by atoms with Gasteiger partial charge in [0.25, 0.3) is 0 Å². The molecule has 2 aromatic rings. The van der Waals surface area contributed by atoms with Gasteiger partial charge in [0.05, 0.1) is 24.9 Å². The second kappa shape index (κ2) is 7.65. The van der Waals surface area contributed by atoms with Crippen LogP contribution in [0.15, 0.2) is 23.6 Å². The first-order valence-corrected chi connectivity index (χ1v) is 8.77. The van der Waals surface area contributed by atoms with E-state index in [2.05, 4.69) is 15.6 Å². The number of hydrogen-bond acceptors (Lipinski definition) is 5. The van der Waals surface area contributed by atoms with E-state index < -0.39 is 5.41 Å². The SMILES string of the molecule is COc1cc(C)ccc1NC(=O)Cc1csc(NC(=O)C(C)(C)C)n1. The van der Waals surface area contributed by atoms with Gasteiger partial charge in [0.15, 0.2) is 5.13 Å². The van der Waals surface area contributed by atoms with Crippen LogP contribution in [0.1, 0.15) is 32.0 Å². The fraction of sp³-hybridized carbons (Fsp3) is 0.389. The highest BCUT2D eigenvalue weighted by Gasteiger charge is 2.22. The summed E-state index contributed by atoms with van der Waals surface area (Å²) in [5.41, 5.74) is 1.78. The topological polar surface area (TPSA) is 80.3 Å². The van der Waals surface area contributed by atoms with Gasteiger partial charge in [-0.3, -0.25) is 9.59 Å². The first kappa shape index (κ1) is 18.9. The van der Waals surface area contributed by atoms with Gasteiger partial charge in [0, 0.05) is 10.8 Å². The lowest BCUT2D eigenvalue weighted by atomic mass is 9.96. The maximum atomic E-state index is 12.2. The molecule has 0 unspecified atom stereocenters. The molecule has 1 aromatic carbocycles. The molecule has 2 amide bonds. The zero-order chi connectivity index (χ0) is 18.6. The van der Waals surface area contributed by atoms with E-state index in [4.69, 9.17) is 4.74 Å². The molecule has 0 saturated heterocycles. The number of nitrogens with zero attached hydrogens (tertiary/aromatic N) is 1. The van der Waals surface area contributed by atoms with Crippen LogP contribution in [0, 0.1) is 12.3 Å². The second-order valence-electron chi connectivity index (χ2n) is 6.78. The predicted molar refractivity (Wildman–Crippen MR) is 100 cm³/mol. The lowest BCUT2D eigenvalue weighted by Crippen LogP contribution is -2.27. The average Bonchev–Trinajstić information content (AvgIpc) is 2.95. The monoisotopic (exact) mass is 361 g/mol. The smallest absolute Gasteiger partial charge is 0.231 e. The molecule has 0 saturated carbocycles. The van der Waals surface area contributed by atoms with E-state index in [0.29, 0.717) is 22.3 Å². The molecular weight excluding hydrogens is 338 g/mol. The van der Waals surface area contributed by atoms with Crippen molar-refractivity contribution in [1.29, 1.82) is 0 Å². The minimum absolute atomic E-state index is 0.109. The van der Waals surface area contributed by atoms with Crippen molar-refractivity contribution in [1.82, 2.24) is 4.98 Å². The van der Waals surface area contributed by atoms with E-state index in [1.54, 1.807) is 12.5 Å². The Kier molecular flexibility index (Phi) is 5.79. The summed E-state index contributed by atoms with van der Waals surface area (Å²) < 4.78 is 5.28. The number of anilines is 2. The maximum Gasteiger partial charge on any atom is 0.231 e. The fourth-order valence-corrected chi connectivity index (χ4v) is 2.70. The Bertz CT molecular complexity index is 778. The Labute approximate surface area is 151 Å². The standard InChI is InChI=1S/C18H23N3O3S/c1-11-6-7-13(14(8-11)24-5)20-15(22)9-12-10-25-17(19-12)21-16(23)18(2,3)4/h6-8,10H,9H2,1-5H3,(H,20,22)(H,19,21,23). The minimum atomic E-state index is -0.495. The van der Waals surface area contributed by atoms with E-state index in [-0.39, 0.29) is 18.2 Å². The molecule has 134 valence electrons. The van der Waals surface area contributed by atoms with Crippen LogP contribution in [0.2, 0.25) is 0 Å². The zero-order valence-corrected chi connectivity index (χ0v) is 15.9. The largest absolute Gasteiger partial charge is 0.495 e. The third-order valence-electron chi connectivity index (χ3n) is 3.43. The van der Waals surface area contributed by atoms with Crippen molar-refractivity contribution in [2.75, 3.05) is 17.7 Å². The van der Waals surface area contributed by atoms with Gasteiger partial charge in [-0.15, -0.1) is 11.3 Å². The number of benzene rings is 1. The molecular formula is C18H23N3O3S. The quantitative estimate of drug-likeness (QED) is 0.852. The van der Waals surface area contributed by atoms with Crippen LogP contribution >= 0.6 is 11.3 Å². The molecule has 0 bridgehead atoms. The van der Waals surface area contributed by atoms with Crippen LogP contribution in [0.4, 0.5) is 10.8 Å². The molecule has 0 fully saturated rings. The molecule has 7 heteroatoms. The normalized spacial score (nSPS) is 11.1. The summed E-state index contributed by atoms with van der Waals surface area (Å²) in [6.45, 7) is 7.45. The maximum absolute atomic E-state index is 12.2. The van der Waals surface area contributed by atoms with Crippen LogP contribution in [0.25, 0.3) is 0 Å². The molecule has 2 rings (SSSR count). The van der Waals surface area contributed by atoms with E-state index >= 15 is 0 Å². The second-order valence-corrected chi connectivity index (χ2v) is 7.63. The Morgan fingerprint density at radius 3 is 2.60 bits per heavy atom. The molecule has 1 heterocycles. The Morgan fingerprint density at radius 2 is 1.96 bits per heavy atom. The number of carbonyl (C=O) groups excluding carboxylic acids is 2. The van der Waals surface area contributed by atoms with E-state index in [9.17, 15) is 9.59 Å². The summed E-state index contributed by atoms with van der Waals surface area (Å²) in [4.78, 5) is 28.5. The number of rotatable bonds is 5. The first-order chi connectivity index (χ1) is 11.7. The van der Waals surface area contributed by atoms with E-state index in [1.165, 1.54) is 11.3 Å². The van der Waals surface area contributed by atoms with Crippen molar-refractivity contribution in [3.05, 3.63) is 34.8 Å². The highest BCUT2D eigenvalue weighted by Crippen LogP contribution is 2.26. The third-order valence-corrected chi connectivity index (χ3v) is 4.23. The number of amides is 2. The molecule has 0 aliphatic carbocycles. The molecule has 0 atom stereocenters. The van der Waals surface area contributed by atoms with Crippen molar-refractivity contribution < 1.29 is 14.3 Å². The number of thiazole rings is 1. The fourth-order valence-electron chi connectivity index (χ4n) is 1.99. The lowest BCUT2D eigenvalue weighted by molar-refractivity contribution is -0.123. The zero-order valence-electron chi connectivity index (χ0n) is 15.1. The van der Waals surface area contributed by atoms with Crippen LogP contribution in [0.5, 0.6) is 5.75 Å². The molecule has 0 aliphatic rings. The summed E-state index contributed by atoms with van der Waals surface area (Å²) in [7, 11) is 1.56. The summed E-state index contributed by atoms with van der Waals surface area (Å²) >= 11 is 1.30. The summed E-state index contributed by atoms with van der Waals surface area (Å²) in [5, 5.41) is 7.86. The molecule has 25 heavy (non-hydrogen) atoms. The summed E-state index contributed by atoms with van der Waals surface area (Å²) in [6.07, 6.45) is 0.124. The van der Waals surface area contributed by atoms with Crippen LogP contribution in [-0.2, 0) is 16.0 Å². The van der Waals surface area contributed by atoms with Gasteiger partial charge in [-0.25, -0.2) is 4.98 Å². The van der Waals surface area contributed by atoms with Gasteiger partial charge in [-0.2, -0.15) is 0 Å². The number of hydrogen-bond donors (Lipinski definition) is 2. The molecule has 6 nitrogen and oxygen atoms in total. The van der Waals surface area contributed by atoms with Gasteiger partial charge >= 0.3 is 0 Å².